The van der Waals surface area contributed by atoms with Crippen LogP contribution in [0.3, 0.4) is 0 Å². The first-order chi connectivity index (χ1) is 8.18. The summed E-state index contributed by atoms with van der Waals surface area (Å²) < 4.78 is 0. The van der Waals surface area contributed by atoms with Crippen molar-refractivity contribution in [2.24, 2.45) is 0 Å². The summed E-state index contributed by atoms with van der Waals surface area (Å²) in [6.45, 7) is 1.99. The number of anilines is 1. The number of nitrogens with one attached hydrogen (secondary N) is 1. The molecule has 0 amide bonds. The summed E-state index contributed by atoms with van der Waals surface area (Å²) in [6, 6.07) is 7.67. The maximum Gasteiger partial charge on any atom is 0.171 e. The Balaban J connectivity index is 2.20. The fourth-order valence-electron chi connectivity index (χ4n) is 1.53. The lowest BCUT2D eigenvalue weighted by molar-refractivity contribution is 0.872. The van der Waals surface area contributed by atoms with Crippen LogP contribution in [0, 0.1) is 0 Å². The zero-order valence-corrected chi connectivity index (χ0v) is 10.7. The molecule has 0 fully saturated rings. The second-order valence-electron chi connectivity index (χ2n) is 3.58. The highest BCUT2D eigenvalue weighted by molar-refractivity contribution is 6.32. The van der Waals surface area contributed by atoms with E-state index in [0.29, 0.717) is 16.0 Å². The SMILES string of the molecule is C[C@H](Nc1nccnc1Cl)c1ccccc1Cl. The quantitative estimate of drug-likeness (QED) is 0.915. The second-order valence-corrected chi connectivity index (χ2v) is 4.35. The normalized spacial score (nSPS) is 12.2. The topological polar surface area (TPSA) is 37.8 Å². The molecule has 5 heteroatoms. The first-order valence-electron chi connectivity index (χ1n) is 5.16. The van der Waals surface area contributed by atoms with Gasteiger partial charge in [-0.05, 0) is 18.6 Å². The first-order valence-corrected chi connectivity index (χ1v) is 5.91. The van der Waals surface area contributed by atoms with Crippen molar-refractivity contribution in [1.82, 2.24) is 9.97 Å². The van der Waals surface area contributed by atoms with Crippen LogP contribution < -0.4 is 5.32 Å². The van der Waals surface area contributed by atoms with Gasteiger partial charge in [0.1, 0.15) is 0 Å². The smallest absolute Gasteiger partial charge is 0.171 e. The number of hydrogen-bond acceptors (Lipinski definition) is 3. The molecular weight excluding hydrogens is 257 g/mol. The molecule has 0 aliphatic heterocycles. The molecule has 0 saturated carbocycles. The minimum absolute atomic E-state index is 0.0119. The zero-order valence-electron chi connectivity index (χ0n) is 9.19. The number of rotatable bonds is 3. The predicted octanol–water partition coefficient (Wildman–Crippen LogP) is 3.96. The molecule has 0 unspecified atom stereocenters. The minimum Gasteiger partial charge on any atom is -0.361 e. The molecule has 0 aliphatic carbocycles. The molecule has 1 aromatic heterocycles. The second kappa shape index (κ2) is 5.34. The standard InChI is InChI=1S/C12H11Cl2N3/c1-8(9-4-2-3-5-10(9)13)17-12-11(14)15-6-7-16-12/h2-8H,1H3,(H,16,17)/t8-/m0/s1. The summed E-state index contributed by atoms with van der Waals surface area (Å²) in [6.07, 6.45) is 3.14. The van der Waals surface area contributed by atoms with Crippen molar-refractivity contribution in [3.8, 4) is 0 Å². The van der Waals surface area contributed by atoms with Gasteiger partial charge in [0.05, 0.1) is 6.04 Å². The van der Waals surface area contributed by atoms with Gasteiger partial charge in [-0.3, -0.25) is 0 Å². The third-order valence-corrected chi connectivity index (χ3v) is 3.00. The Hall–Kier alpha value is -1.32. The molecule has 17 heavy (non-hydrogen) atoms. The Bertz CT molecular complexity index is 517. The van der Waals surface area contributed by atoms with Gasteiger partial charge in [0.2, 0.25) is 0 Å². The van der Waals surface area contributed by atoms with E-state index in [4.69, 9.17) is 23.2 Å². The van der Waals surface area contributed by atoms with E-state index in [2.05, 4.69) is 15.3 Å². The van der Waals surface area contributed by atoms with Crippen molar-refractivity contribution in [3.05, 3.63) is 52.4 Å². The van der Waals surface area contributed by atoms with Crippen molar-refractivity contribution in [1.29, 1.82) is 0 Å². The zero-order chi connectivity index (χ0) is 12.3. The molecule has 1 atom stereocenters. The van der Waals surface area contributed by atoms with Crippen molar-refractivity contribution in [2.75, 3.05) is 5.32 Å². The number of aromatic nitrogens is 2. The monoisotopic (exact) mass is 267 g/mol. The van der Waals surface area contributed by atoms with Gasteiger partial charge in [-0.15, -0.1) is 0 Å². The highest BCUT2D eigenvalue weighted by Crippen LogP contribution is 2.26. The number of benzene rings is 1. The van der Waals surface area contributed by atoms with Gasteiger partial charge in [0.15, 0.2) is 11.0 Å². The number of hydrogen-bond donors (Lipinski definition) is 1. The molecule has 0 spiro atoms. The highest BCUT2D eigenvalue weighted by Gasteiger charge is 2.11. The lowest BCUT2D eigenvalue weighted by Crippen LogP contribution is -2.09. The summed E-state index contributed by atoms with van der Waals surface area (Å²) in [5, 5.41) is 4.25. The molecule has 1 N–H and O–H groups in total. The number of halogens is 2. The fraction of sp³-hybridized carbons (Fsp3) is 0.167. The Morgan fingerprint density at radius 1 is 1.12 bits per heavy atom. The van der Waals surface area contributed by atoms with Crippen LogP contribution in [0.2, 0.25) is 10.2 Å². The summed E-state index contributed by atoms with van der Waals surface area (Å²) in [4.78, 5) is 8.08. The summed E-state index contributed by atoms with van der Waals surface area (Å²) in [5.41, 5.74) is 0.996. The van der Waals surface area contributed by atoms with Gasteiger partial charge in [0.25, 0.3) is 0 Å². The van der Waals surface area contributed by atoms with Crippen molar-refractivity contribution in [3.63, 3.8) is 0 Å². The van der Waals surface area contributed by atoms with Crippen LogP contribution in [0.5, 0.6) is 0 Å². The van der Waals surface area contributed by atoms with Gasteiger partial charge >= 0.3 is 0 Å². The lowest BCUT2D eigenvalue weighted by atomic mass is 10.1. The number of nitrogens with zero attached hydrogens (tertiary/aromatic N) is 2. The molecule has 1 heterocycles. The van der Waals surface area contributed by atoms with E-state index in [0.717, 1.165) is 5.56 Å². The summed E-state index contributed by atoms with van der Waals surface area (Å²) in [7, 11) is 0. The average molecular weight is 268 g/mol. The van der Waals surface area contributed by atoms with Crippen LogP contribution in [0.4, 0.5) is 5.82 Å². The first kappa shape index (κ1) is 12.1. The largest absolute Gasteiger partial charge is 0.361 e. The van der Waals surface area contributed by atoms with E-state index in [9.17, 15) is 0 Å². The van der Waals surface area contributed by atoms with E-state index < -0.39 is 0 Å². The Kier molecular flexibility index (Phi) is 3.82. The molecule has 0 radical (unpaired) electrons. The van der Waals surface area contributed by atoms with Crippen LogP contribution in [0.15, 0.2) is 36.7 Å². The molecule has 88 valence electrons. The minimum atomic E-state index is 0.0119. The van der Waals surface area contributed by atoms with Crippen LogP contribution >= 0.6 is 23.2 Å². The summed E-state index contributed by atoms with van der Waals surface area (Å²) in [5.74, 6) is 0.557. The molecular formula is C12H11Cl2N3. The van der Waals surface area contributed by atoms with Gasteiger partial charge in [-0.25, -0.2) is 9.97 Å². The molecule has 0 aliphatic rings. The van der Waals surface area contributed by atoms with Gasteiger partial charge in [-0.1, -0.05) is 41.4 Å². The van der Waals surface area contributed by atoms with Crippen LogP contribution in [-0.4, -0.2) is 9.97 Å². The van der Waals surface area contributed by atoms with Crippen molar-refractivity contribution < 1.29 is 0 Å². The molecule has 1 aromatic carbocycles. The highest BCUT2D eigenvalue weighted by atomic mass is 35.5. The van der Waals surface area contributed by atoms with E-state index in [1.807, 2.05) is 31.2 Å². The molecule has 0 bridgehead atoms. The van der Waals surface area contributed by atoms with Crippen LogP contribution in [0.25, 0.3) is 0 Å². The van der Waals surface area contributed by atoms with E-state index in [1.54, 1.807) is 12.4 Å². The van der Waals surface area contributed by atoms with E-state index >= 15 is 0 Å². The van der Waals surface area contributed by atoms with Gasteiger partial charge in [0, 0.05) is 17.4 Å². The van der Waals surface area contributed by atoms with Crippen molar-refractivity contribution in [2.45, 2.75) is 13.0 Å². The van der Waals surface area contributed by atoms with Crippen LogP contribution in [0.1, 0.15) is 18.5 Å². The summed E-state index contributed by atoms with van der Waals surface area (Å²) >= 11 is 12.0. The van der Waals surface area contributed by atoms with Crippen LogP contribution in [-0.2, 0) is 0 Å². The van der Waals surface area contributed by atoms with Gasteiger partial charge in [-0.2, -0.15) is 0 Å². The fourth-order valence-corrected chi connectivity index (χ4v) is 1.99. The third kappa shape index (κ3) is 2.87. The maximum absolute atomic E-state index is 6.12. The Labute approximate surface area is 110 Å². The van der Waals surface area contributed by atoms with Gasteiger partial charge < -0.3 is 5.32 Å². The molecule has 3 nitrogen and oxygen atoms in total. The third-order valence-electron chi connectivity index (χ3n) is 2.38. The Morgan fingerprint density at radius 2 is 1.82 bits per heavy atom. The Morgan fingerprint density at radius 3 is 2.53 bits per heavy atom. The maximum atomic E-state index is 6.12. The lowest BCUT2D eigenvalue weighted by Gasteiger charge is -2.16. The average Bonchev–Trinajstić information content (AvgIpc) is 2.32. The van der Waals surface area contributed by atoms with Crippen molar-refractivity contribution >= 4 is 29.0 Å². The molecule has 0 saturated heterocycles. The molecule has 2 rings (SSSR count). The molecule has 2 aromatic rings. The van der Waals surface area contributed by atoms with E-state index in [-0.39, 0.29) is 6.04 Å². The predicted molar refractivity (Wildman–Crippen MR) is 70.5 cm³/mol. The van der Waals surface area contributed by atoms with E-state index in [1.165, 1.54) is 0 Å².